The van der Waals surface area contributed by atoms with Crippen LogP contribution in [0.4, 0.5) is 0 Å². The highest BCUT2D eigenvalue weighted by molar-refractivity contribution is 6.30. The van der Waals surface area contributed by atoms with Gasteiger partial charge in [-0.25, -0.2) is 0 Å². The van der Waals surface area contributed by atoms with Gasteiger partial charge in [0.15, 0.2) is 5.78 Å². The average Bonchev–Trinajstić information content (AvgIpc) is 2.48. The number of benzene rings is 1. The molecule has 1 atom stereocenters. The van der Waals surface area contributed by atoms with Gasteiger partial charge in [-0.15, -0.1) is 0 Å². The second-order valence-electron chi connectivity index (χ2n) is 5.01. The van der Waals surface area contributed by atoms with Gasteiger partial charge in [-0.1, -0.05) is 11.6 Å². The van der Waals surface area contributed by atoms with E-state index in [0.29, 0.717) is 36.8 Å². The second kappa shape index (κ2) is 9.90. The molecule has 1 rings (SSSR count). The van der Waals surface area contributed by atoms with Crippen molar-refractivity contribution in [2.24, 2.45) is 0 Å². The largest absolute Gasteiger partial charge is 0.383 e. The normalized spacial score (nSPS) is 12.6. The van der Waals surface area contributed by atoms with Crippen molar-refractivity contribution in [1.82, 2.24) is 4.90 Å². The fourth-order valence-electron chi connectivity index (χ4n) is 2.13. The van der Waals surface area contributed by atoms with Gasteiger partial charge < -0.3 is 9.47 Å². The fourth-order valence-corrected chi connectivity index (χ4v) is 2.26. The van der Waals surface area contributed by atoms with Gasteiger partial charge in [0, 0.05) is 50.4 Å². The Morgan fingerprint density at radius 1 is 1.19 bits per heavy atom. The molecule has 0 heterocycles. The van der Waals surface area contributed by atoms with E-state index in [9.17, 15) is 4.79 Å². The smallest absolute Gasteiger partial charge is 0.164 e. The van der Waals surface area contributed by atoms with Gasteiger partial charge in [0.25, 0.3) is 0 Å². The standard InChI is InChI=1S/C16H24ClNO3/c1-13(12-21-3)18(10-11-20-2)9-8-16(19)14-4-6-15(17)7-5-14/h4-7,13H,8-12H2,1-3H3. The number of carbonyl (C=O) groups is 1. The predicted octanol–water partition coefficient (Wildman–Crippen LogP) is 2.90. The van der Waals surface area contributed by atoms with Gasteiger partial charge in [0.1, 0.15) is 0 Å². The van der Waals surface area contributed by atoms with Crippen LogP contribution >= 0.6 is 11.6 Å². The van der Waals surface area contributed by atoms with Crippen molar-refractivity contribution in [3.05, 3.63) is 34.9 Å². The van der Waals surface area contributed by atoms with E-state index in [1.807, 2.05) is 0 Å². The third-order valence-corrected chi connectivity index (χ3v) is 3.66. The molecule has 0 saturated carbocycles. The van der Waals surface area contributed by atoms with Gasteiger partial charge >= 0.3 is 0 Å². The minimum atomic E-state index is 0.124. The highest BCUT2D eigenvalue weighted by Gasteiger charge is 2.15. The summed E-state index contributed by atoms with van der Waals surface area (Å²) in [4.78, 5) is 14.4. The van der Waals surface area contributed by atoms with E-state index in [1.54, 1.807) is 38.5 Å². The number of halogens is 1. The van der Waals surface area contributed by atoms with Crippen molar-refractivity contribution < 1.29 is 14.3 Å². The van der Waals surface area contributed by atoms with Crippen LogP contribution in [0.3, 0.4) is 0 Å². The summed E-state index contributed by atoms with van der Waals surface area (Å²) < 4.78 is 10.3. The van der Waals surface area contributed by atoms with Gasteiger partial charge in [-0.05, 0) is 31.2 Å². The second-order valence-corrected chi connectivity index (χ2v) is 5.45. The van der Waals surface area contributed by atoms with E-state index < -0.39 is 0 Å². The topological polar surface area (TPSA) is 38.8 Å². The van der Waals surface area contributed by atoms with Crippen molar-refractivity contribution in [2.75, 3.05) is 40.5 Å². The van der Waals surface area contributed by atoms with E-state index >= 15 is 0 Å². The number of ketones is 1. The summed E-state index contributed by atoms with van der Waals surface area (Å²) in [5.41, 5.74) is 0.700. The fraction of sp³-hybridized carbons (Fsp3) is 0.562. The van der Waals surface area contributed by atoms with Crippen LogP contribution in [0, 0.1) is 0 Å². The van der Waals surface area contributed by atoms with Crippen molar-refractivity contribution in [1.29, 1.82) is 0 Å². The first-order chi connectivity index (χ1) is 10.1. The molecule has 21 heavy (non-hydrogen) atoms. The van der Waals surface area contributed by atoms with Crippen LogP contribution < -0.4 is 0 Å². The molecular weight excluding hydrogens is 290 g/mol. The zero-order valence-electron chi connectivity index (χ0n) is 13.0. The number of ether oxygens (including phenoxy) is 2. The summed E-state index contributed by atoms with van der Waals surface area (Å²) in [6.45, 7) is 4.85. The molecule has 0 aliphatic carbocycles. The SMILES string of the molecule is COCCN(CCC(=O)c1ccc(Cl)cc1)C(C)COC. The molecule has 0 aromatic heterocycles. The number of rotatable bonds is 10. The third kappa shape index (κ3) is 6.57. The van der Waals surface area contributed by atoms with E-state index in [0.717, 1.165) is 6.54 Å². The molecule has 0 amide bonds. The summed E-state index contributed by atoms with van der Waals surface area (Å²) in [6.07, 6.45) is 0.472. The van der Waals surface area contributed by atoms with Crippen molar-refractivity contribution in [3.63, 3.8) is 0 Å². The summed E-state index contributed by atoms with van der Waals surface area (Å²) in [5.74, 6) is 0.124. The molecule has 0 bridgehead atoms. The molecule has 1 aromatic rings. The van der Waals surface area contributed by atoms with Gasteiger partial charge in [0.05, 0.1) is 13.2 Å². The third-order valence-electron chi connectivity index (χ3n) is 3.41. The average molecular weight is 314 g/mol. The minimum absolute atomic E-state index is 0.124. The Morgan fingerprint density at radius 3 is 2.43 bits per heavy atom. The highest BCUT2D eigenvalue weighted by atomic mass is 35.5. The number of carbonyl (C=O) groups excluding carboxylic acids is 1. The first-order valence-electron chi connectivity index (χ1n) is 7.09. The zero-order valence-corrected chi connectivity index (χ0v) is 13.7. The van der Waals surface area contributed by atoms with Crippen LogP contribution in [0.25, 0.3) is 0 Å². The number of methoxy groups -OCH3 is 2. The molecule has 1 aromatic carbocycles. The number of hydrogen-bond acceptors (Lipinski definition) is 4. The van der Waals surface area contributed by atoms with Crippen molar-refractivity contribution in [3.8, 4) is 0 Å². The Morgan fingerprint density at radius 2 is 1.86 bits per heavy atom. The molecule has 0 aliphatic heterocycles. The van der Waals surface area contributed by atoms with Gasteiger partial charge in [-0.3, -0.25) is 9.69 Å². The van der Waals surface area contributed by atoms with Crippen LogP contribution in [-0.4, -0.2) is 57.2 Å². The zero-order chi connectivity index (χ0) is 15.7. The van der Waals surface area contributed by atoms with E-state index in [1.165, 1.54) is 0 Å². The van der Waals surface area contributed by atoms with E-state index in [2.05, 4.69) is 11.8 Å². The number of Topliss-reactive ketones (excluding diaryl/α,β-unsaturated/α-hetero) is 1. The molecule has 118 valence electrons. The van der Waals surface area contributed by atoms with Crippen LogP contribution in [0.15, 0.2) is 24.3 Å². The summed E-state index contributed by atoms with van der Waals surface area (Å²) in [7, 11) is 3.36. The Hall–Kier alpha value is -0.940. The molecule has 0 aliphatic rings. The molecule has 1 unspecified atom stereocenters. The van der Waals surface area contributed by atoms with Gasteiger partial charge in [0.2, 0.25) is 0 Å². The van der Waals surface area contributed by atoms with Crippen molar-refractivity contribution in [2.45, 2.75) is 19.4 Å². The maximum absolute atomic E-state index is 12.2. The lowest BCUT2D eigenvalue weighted by Gasteiger charge is -2.28. The molecule has 0 fully saturated rings. The molecule has 0 spiro atoms. The van der Waals surface area contributed by atoms with Gasteiger partial charge in [-0.2, -0.15) is 0 Å². The van der Waals surface area contributed by atoms with Crippen molar-refractivity contribution >= 4 is 17.4 Å². The maximum Gasteiger partial charge on any atom is 0.164 e. The number of hydrogen-bond donors (Lipinski definition) is 0. The van der Waals surface area contributed by atoms with Crippen LogP contribution in [0.1, 0.15) is 23.7 Å². The first kappa shape index (κ1) is 18.1. The lowest BCUT2D eigenvalue weighted by atomic mass is 10.1. The van der Waals surface area contributed by atoms with Crippen LogP contribution in [0.2, 0.25) is 5.02 Å². The maximum atomic E-state index is 12.2. The summed E-state index contributed by atoms with van der Waals surface area (Å²) in [6, 6.07) is 7.27. The first-order valence-corrected chi connectivity index (χ1v) is 7.47. The Balaban J connectivity index is 2.54. The number of nitrogens with zero attached hydrogens (tertiary/aromatic N) is 1. The van der Waals surface area contributed by atoms with Crippen LogP contribution in [-0.2, 0) is 9.47 Å². The summed E-state index contributed by atoms with van der Waals surface area (Å²) in [5, 5.41) is 0.641. The molecule has 0 N–H and O–H groups in total. The summed E-state index contributed by atoms with van der Waals surface area (Å²) >= 11 is 5.83. The highest BCUT2D eigenvalue weighted by Crippen LogP contribution is 2.12. The lowest BCUT2D eigenvalue weighted by Crippen LogP contribution is -2.39. The molecular formula is C16H24ClNO3. The van der Waals surface area contributed by atoms with E-state index in [4.69, 9.17) is 21.1 Å². The Bertz CT molecular complexity index is 422. The van der Waals surface area contributed by atoms with Crippen LogP contribution in [0.5, 0.6) is 0 Å². The monoisotopic (exact) mass is 313 g/mol. The molecule has 0 radical (unpaired) electrons. The van der Waals surface area contributed by atoms with E-state index in [-0.39, 0.29) is 11.8 Å². The Labute approximate surface area is 132 Å². The molecule has 0 saturated heterocycles. The molecule has 4 nitrogen and oxygen atoms in total. The predicted molar refractivity (Wildman–Crippen MR) is 85.2 cm³/mol. The molecule has 5 heteroatoms. The quantitative estimate of drug-likeness (QED) is 0.623. The minimum Gasteiger partial charge on any atom is -0.383 e. The lowest BCUT2D eigenvalue weighted by molar-refractivity contribution is 0.0703. The Kier molecular flexibility index (Phi) is 8.54.